The lowest BCUT2D eigenvalue weighted by Crippen LogP contribution is -2.18. The number of benzene rings is 4. The number of hydrogen-bond donors (Lipinski definition) is 1. The van der Waals surface area contributed by atoms with Gasteiger partial charge in [0.05, 0.1) is 15.5 Å². The fourth-order valence-electron chi connectivity index (χ4n) is 3.92. The molecule has 0 saturated carbocycles. The Kier molecular flexibility index (Phi) is 6.26. The van der Waals surface area contributed by atoms with Crippen LogP contribution in [0, 0.1) is 5.82 Å². The average Bonchev–Trinajstić information content (AvgIpc) is 3.25. The number of halogens is 1. The number of nitrogens with zero attached hydrogens (tertiary/aromatic N) is 1. The Morgan fingerprint density at radius 2 is 1.50 bits per heavy atom. The molecule has 0 unspecified atom stereocenters. The summed E-state index contributed by atoms with van der Waals surface area (Å²) in [5.74, 6) is 0.232. The van der Waals surface area contributed by atoms with Gasteiger partial charge in [0.15, 0.2) is 5.75 Å². The molecular weight excluding hydrogens is 479 g/mol. The highest BCUT2D eigenvalue weighted by atomic mass is 32.2. The molecule has 5 aromatic rings. The number of fused-ring (bicyclic) bond motifs is 1. The van der Waals surface area contributed by atoms with E-state index in [2.05, 4.69) is 5.32 Å². The van der Waals surface area contributed by atoms with Crippen LogP contribution in [-0.2, 0) is 21.2 Å². The molecule has 5 rings (SSSR count). The Balaban J connectivity index is 1.43. The van der Waals surface area contributed by atoms with Gasteiger partial charge >= 0.3 is 0 Å². The van der Waals surface area contributed by atoms with E-state index in [4.69, 9.17) is 4.74 Å². The van der Waals surface area contributed by atoms with Crippen molar-refractivity contribution in [2.75, 3.05) is 5.32 Å². The van der Waals surface area contributed by atoms with Crippen LogP contribution in [0.15, 0.2) is 119 Å². The monoisotopic (exact) mass is 500 g/mol. The number of para-hydroxylation sites is 4. The summed E-state index contributed by atoms with van der Waals surface area (Å²) in [6.07, 6.45) is 1.44. The van der Waals surface area contributed by atoms with Gasteiger partial charge in [0.25, 0.3) is 0 Å². The van der Waals surface area contributed by atoms with Crippen molar-refractivity contribution in [1.82, 2.24) is 4.57 Å². The second kappa shape index (κ2) is 9.67. The third kappa shape index (κ3) is 4.71. The summed E-state index contributed by atoms with van der Waals surface area (Å²) in [4.78, 5) is 13.0. The number of aromatic nitrogens is 1. The maximum atomic E-state index is 13.4. The Morgan fingerprint density at radius 1 is 0.833 bits per heavy atom. The van der Waals surface area contributed by atoms with E-state index >= 15 is 0 Å². The zero-order chi connectivity index (χ0) is 25.1. The maximum absolute atomic E-state index is 13.4. The highest BCUT2D eigenvalue weighted by Gasteiger charge is 2.24. The van der Waals surface area contributed by atoms with Gasteiger partial charge in [0.2, 0.25) is 15.7 Å². The minimum atomic E-state index is -3.94. The number of rotatable bonds is 7. The molecular formula is C28H21FN2O4S. The second-order valence-electron chi connectivity index (χ2n) is 8.06. The van der Waals surface area contributed by atoms with Crippen LogP contribution in [0.4, 0.5) is 10.1 Å². The summed E-state index contributed by atoms with van der Waals surface area (Å²) in [6, 6.07) is 27.9. The van der Waals surface area contributed by atoms with Gasteiger partial charge in [-0.25, -0.2) is 12.8 Å². The molecule has 1 N–H and O–H groups in total. The van der Waals surface area contributed by atoms with Gasteiger partial charge in [-0.2, -0.15) is 0 Å². The van der Waals surface area contributed by atoms with Crippen LogP contribution < -0.4 is 10.1 Å². The first-order valence-corrected chi connectivity index (χ1v) is 12.6. The molecule has 0 aliphatic carbocycles. The van der Waals surface area contributed by atoms with Gasteiger partial charge in [-0.3, -0.25) is 4.79 Å². The number of ether oxygens (including phenoxy) is 1. The van der Waals surface area contributed by atoms with Crippen molar-refractivity contribution >= 4 is 32.3 Å². The number of amides is 1. The molecule has 0 spiro atoms. The molecule has 0 aliphatic rings. The molecule has 0 fully saturated rings. The molecule has 8 heteroatoms. The normalized spacial score (nSPS) is 11.4. The molecule has 1 amide bonds. The fraction of sp³-hybridized carbons (Fsp3) is 0.0357. The van der Waals surface area contributed by atoms with Crippen molar-refractivity contribution in [3.63, 3.8) is 0 Å². The molecule has 0 atom stereocenters. The summed E-state index contributed by atoms with van der Waals surface area (Å²) in [5, 5.41) is 3.33. The molecule has 0 radical (unpaired) electrons. The predicted octanol–water partition coefficient (Wildman–Crippen LogP) is 6.04. The van der Waals surface area contributed by atoms with E-state index in [-0.39, 0.29) is 22.2 Å². The van der Waals surface area contributed by atoms with Crippen LogP contribution in [0.3, 0.4) is 0 Å². The van der Waals surface area contributed by atoms with Gasteiger partial charge < -0.3 is 14.6 Å². The highest BCUT2D eigenvalue weighted by Crippen LogP contribution is 2.31. The molecule has 0 aliphatic heterocycles. The van der Waals surface area contributed by atoms with E-state index < -0.39 is 15.7 Å². The van der Waals surface area contributed by atoms with Crippen molar-refractivity contribution in [2.45, 2.75) is 16.3 Å². The van der Waals surface area contributed by atoms with Crippen molar-refractivity contribution in [3.05, 3.63) is 115 Å². The molecule has 180 valence electrons. The first-order chi connectivity index (χ1) is 17.4. The standard InChI is InChI=1S/C28H21FN2O4S/c29-20-14-16-22(17-15-20)36(33,34)27-18-31(25-12-6-4-10-23(25)27)19-28(32)30-24-11-5-7-13-26(24)35-21-8-2-1-3-9-21/h1-18H,19H2,(H,30,32). The van der Waals surface area contributed by atoms with Crippen molar-refractivity contribution < 1.29 is 22.3 Å². The average molecular weight is 501 g/mol. The van der Waals surface area contributed by atoms with E-state index in [1.54, 1.807) is 53.1 Å². The Labute approximate surface area is 207 Å². The molecule has 0 saturated heterocycles. The lowest BCUT2D eigenvalue weighted by atomic mass is 10.2. The number of carbonyl (C=O) groups excluding carboxylic acids is 1. The zero-order valence-corrected chi connectivity index (χ0v) is 19.8. The number of sulfone groups is 1. The summed E-state index contributed by atoms with van der Waals surface area (Å²) in [5.41, 5.74) is 1.07. The first-order valence-electron chi connectivity index (χ1n) is 11.1. The van der Waals surface area contributed by atoms with Gasteiger partial charge in [0, 0.05) is 17.1 Å². The van der Waals surface area contributed by atoms with E-state index in [0.29, 0.717) is 28.1 Å². The smallest absolute Gasteiger partial charge is 0.244 e. The van der Waals surface area contributed by atoms with Crippen LogP contribution in [0.2, 0.25) is 0 Å². The SMILES string of the molecule is O=C(Cn1cc(S(=O)(=O)c2ccc(F)cc2)c2ccccc21)Nc1ccccc1Oc1ccccc1. The Morgan fingerprint density at radius 3 is 2.28 bits per heavy atom. The lowest BCUT2D eigenvalue weighted by molar-refractivity contribution is -0.116. The summed E-state index contributed by atoms with van der Waals surface area (Å²) in [6.45, 7) is -0.126. The third-order valence-electron chi connectivity index (χ3n) is 5.61. The van der Waals surface area contributed by atoms with Gasteiger partial charge in [0.1, 0.15) is 18.1 Å². The van der Waals surface area contributed by atoms with E-state index in [1.807, 2.05) is 30.3 Å². The fourth-order valence-corrected chi connectivity index (χ4v) is 5.39. The highest BCUT2D eigenvalue weighted by molar-refractivity contribution is 7.91. The van der Waals surface area contributed by atoms with E-state index in [0.717, 1.165) is 12.1 Å². The molecule has 36 heavy (non-hydrogen) atoms. The van der Waals surface area contributed by atoms with Gasteiger partial charge in [-0.1, -0.05) is 48.5 Å². The molecule has 1 heterocycles. The second-order valence-corrected chi connectivity index (χ2v) is 9.97. The summed E-state index contributed by atoms with van der Waals surface area (Å²) < 4.78 is 47.5. The number of anilines is 1. The van der Waals surface area contributed by atoms with E-state index in [9.17, 15) is 17.6 Å². The molecule has 0 bridgehead atoms. The first kappa shape index (κ1) is 23.3. The quantitative estimate of drug-likeness (QED) is 0.276. The largest absolute Gasteiger partial charge is 0.455 e. The molecule has 4 aromatic carbocycles. The van der Waals surface area contributed by atoms with Gasteiger partial charge in [-0.15, -0.1) is 0 Å². The summed E-state index contributed by atoms with van der Waals surface area (Å²) in [7, 11) is -3.94. The van der Waals surface area contributed by atoms with Crippen LogP contribution in [0.25, 0.3) is 10.9 Å². The molecule has 6 nitrogen and oxygen atoms in total. The van der Waals surface area contributed by atoms with Crippen LogP contribution >= 0.6 is 0 Å². The molecule has 1 aromatic heterocycles. The van der Waals surface area contributed by atoms with Crippen molar-refractivity contribution in [2.24, 2.45) is 0 Å². The van der Waals surface area contributed by atoms with Crippen LogP contribution in [0.5, 0.6) is 11.5 Å². The lowest BCUT2D eigenvalue weighted by Gasteiger charge is -2.13. The van der Waals surface area contributed by atoms with Crippen molar-refractivity contribution in [3.8, 4) is 11.5 Å². The Bertz CT molecular complexity index is 1650. The summed E-state index contributed by atoms with van der Waals surface area (Å²) >= 11 is 0. The Hall–Kier alpha value is -4.43. The van der Waals surface area contributed by atoms with Crippen LogP contribution in [0.1, 0.15) is 0 Å². The topological polar surface area (TPSA) is 77.4 Å². The van der Waals surface area contributed by atoms with E-state index in [1.165, 1.54) is 18.3 Å². The zero-order valence-electron chi connectivity index (χ0n) is 19.0. The van der Waals surface area contributed by atoms with Crippen LogP contribution in [-0.4, -0.2) is 18.9 Å². The predicted molar refractivity (Wildman–Crippen MR) is 135 cm³/mol. The minimum absolute atomic E-state index is 0.0248. The number of carbonyl (C=O) groups is 1. The number of nitrogens with one attached hydrogen (secondary N) is 1. The van der Waals surface area contributed by atoms with Gasteiger partial charge in [-0.05, 0) is 54.6 Å². The van der Waals surface area contributed by atoms with Crippen molar-refractivity contribution in [1.29, 1.82) is 0 Å². The maximum Gasteiger partial charge on any atom is 0.244 e. The minimum Gasteiger partial charge on any atom is -0.455 e. The number of hydrogen-bond acceptors (Lipinski definition) is 4. The third-order valence-corrected chi connectivity index (χ3v) is 7.41.